The van der Waals surface area contributed by atoms with E-state index in [4.69, 9.17) is 5.26 Å². The SMILES string of the molecule is CC(C)c1ccc(OO)cc1Br. The van der Waals surface area contributed by atoms with Gasteiger partial charge in [0.15, 0.2) is 5.75 Å². The topological polar surface area (TPSA) is 29.5 Å². The lowest BCUT2D eigenvalue weighted by Gasteiger charge is -2.08. The van der Waals surface area contributed by atoms with Crippen LogP contribution < -0.4 is 4.89 Å². The van der Waals surface area contributed by atoms with Crippen molar-refractivity contribution in [2.45, 2.75) is 19.8 Å². The number of rotatable bonds is 2. The Morgan fingerprint density at radius 3 is 2.50 bits per heavy atom. The molecule has 0 aliphatic heterocycles. The van der Waals surface area contributed by atoms with E-state index < -0.39 is 0 Å². The van der Waals surface area contributed by atoms with Crippen LogP contribution in [0.15, 0.2) is 22.7 Å². The van der Waals surface area contributed by atoms with E-state index in [-0.39, 0.29) is 0 Å². The highest BCUT2D eigenvalue weighted by Crippen LogP contribution is 2.28. The second kappa shape index (κ2) is 3.92. The summed E-state index contributed by atoms with van der Waals surface area (Å²) in [5, 5.41) is 8.37. The molecule has 0 aliphatic rings. The Bertz CT molecular complexity index is 271. The highest BCUT2D eigenvalue weighted by molar-refractivity contribution is 9.10. The second-order valence-corrected chi connectivity index (χ2v) is 3.78. The number of halogens is 1. The number of hydrogen-bond donors (Lipinski definition) is 1. The van der Waals surface area contributed by atoms with Crippen LogP contribution in [0.3, 0.4) is 0 Å². The van der Waals surface area contributed by atoms with E-state index in [2.05, 4.69) is 34.7 Å². The van der Waals surface area contributed by atoms with Crippen LogP contribution in [0.4, 0.5) is 0 Å². The highest BCUT2D eigenvalue weighted by Gasteiger charge is 2.05. The third kappa shape index (κ3) is 1.99. The van der Waals surface area contributed by atoms with Gasteiger partial charge < -0.3 is 4.89 Å². The monoisotopic (exact) mass is 230 g/mol. The summed E-state index contributed by atoms with van der Waals surface area (Å²) in [6.07, 6.45) is 0. The molecule has 0 aromatic heterocycles. The lowest BCUT2D eigenvalue weighted by molar-refractivity contribution is -0.137. The molecule has 0 radical (unpaired) electrons. The van der Waals surface area contributed by atoms with E-state index in [0.717, 1.165) is 4.47 Å². The maximum Gasteiger partial charge on any atom is 0.166 e. The van der Waals surface area contributed by atoms with E-state index >= 15 is 0 Å². The fourth-order valence-electron chi connectivity index (χ4n) is 1.03. The van der Waals surface area contributed by atoms with E-state index in [1.165, 1.54) is 5.56 Å². The first-order chi connectivity index (χ1) is 5.65. The molecule has 1 aromatic rings. The van der Waals surface area contributed by atoms with Gasteiger partial charge in [-0.25, -0.2) is 5.26 Å². The van der Waals surface area contributed by atoms with Crippen molar-refractivity contribution >= 4 is 15.9 Å². The molecule has 66 valence electrons. The van der Waals surface area contributed by atoms with Crippen LogP contribution in [0.2, 0.25) is 0 Å². The minimum atomic E-state index is 0.450. The van der Waals surface area contributed by atoms with Crippen LogP contribution in [0.25, 0.3) is 0 Å². The Kier molecular flexibility index (Phi) is 3.12. The van der Waals surface area contributed by atoms with Gasteiger partial charge in [-0.3, -0.25) is 0 Å². The van der Waals surface area contributed by atoms with Crippen molar-refractivity contribution in [1.82, 2.24) is 0 Å². The molecule has 0 heterocycles. The maximum absolute atomic E-state index is 8.37. The Labute approximate surface area is 80.2 Å². The summed E-state index contributed by atoms with van der Waals surface area (Å²) in [4.78, 5) is 4.10. The Balaban J connectivity index is 3.03. The lowest BCUT2D eigenvalue weighted by Crippen LogP contribution is -1.90. The third-order valence-electron chi connectivity index (χ3n) is 1.70. The summed E-state index contributed by atoms with van der Waals surface area (Å²) >= 11 is 3.40. The minimum absolute atomic E-state index is 0.450. The van der Waals surface area contributed by atoms with Crippen molar-refractivity contribution < 1.29 is 10.1 Å². The van der Waals surface area contributed by atoms with E-state index in [9.17, 15) is 0 Å². The van der Waals surface area contributed by atoms with Gasteiger partial charge in [-0.1, -0.05) is 35.8 Å². The first-order valence-corrected chi connectivity index (χ1v) is 4.55. The normalized spacial score (nSPS) is 10.4. The van der Waals surface area contributed by atoms with Crippen LogP contribution in [0, 0.1) is 0 Å². The molecule has 1 N–H and O–H groups in total. The average Bonchev–Trinajstić information content (AvgIpc) is 2.03. The molecule has 0 atom stereocenters. The average molecular weight is 231 g/mol. The zero-order valence-electron chi connectivity index (χ0n) is 7.04. The van der Waals surface area contributed by atoms with Crippen LogP contribution in [-0.4, -0.2) is 5.26 Å². The van der Waals surface area contributed by atoms with Crippen molar-refractivity contribution in [2.24, 2.45) is 0 Å². The van der Waals surface area contributed by atoms with Gasteiger partial charge in [0, 0.05) is 4.47 Å². The fraction of sp³-hybridized carbons (Fsp3) is 0.333. The van der Waals surface area contributed by atoms with Gasteiger partial charge in [0.25, 0.3) is 0 Å². The van der Waals surface area contributed by atoms with Gasteiger partial charge in [0.05, 0.1) is 0 Å². The zero-order valence-corrected chi connectivity index (χ0v) is 8.63. The molecule has 0 fully saturated rings. The summed E-state index contributed by atoms with van der Waals surface area (Å²) in [6.45, 7) is 4.22. The summed E-state index contributed by atoms with van der Waals surface area (Å²) in [7, 11) is 0. The molecule has 12 heavy (non-hydrogen) atoms. The van der Waals surface area contributed by atoms with Crippen molar-refractivity contribution in [3.8, 4) is 5.75 Å². The Morgan fingerprint density at radius 1 is 1.42 bits per heavy atom. The molecule has 0 spiro atoms. The molecule has 0 saturated heterocycles. The van der Waals surface area contributed by atoms with Crippen LogP contribution in [-0.2, 0) is 0 Å². The van der Waals surface area contributed by atoms with Crippen molar-refractivity contribution in [3.63, 3.8) is 0 Å². The molecule has 2 nitrogen and oxygen atoms in total. The first-order valence-electron chi connectivity index (χ1n) is 3.76. The molecule has 3 heteroatoms. The highest BCUT2D eigenvalue weighted by atomic mass is 79.9. The maximum atomic E-state index is 8.37. The van der Waals surface area contributed by atoms with Crippen molar-refractivity contribution in [1.29, 1.82) is 0 Å². The predicted octanol–water partition coefficient (Wildman–Crippen LogP) is 3.42. The largest absolute Gasteiger partial charge is 0.340 e. The van der Waals surface area contributed by atoms with Gasteiger partial charge in [-0.2, -0.15) is 0 Å². The van der Waals surface area contributed by atoms with Crippen molar-refractivity contribution in [2.75, 3.05) is 0 Å². The summed E-state index contributed by atoms with van der Waals surface area (Å²) in [6, 6.07) is 5.41. The molecular formula is C9H11BrO2. The van der Waals surface area contributed by atoms with Gasteiger partial charge in [0.1, 0.15) is 0 Å². The van der Waals surface area contributed by atoms with Crippen LogP contribution >= 0.6 is 15.9 Å². The zero-order chi connectivity index (χ0) is 9.14. The Morgan fingerprint density at radius 2 is 2.08 bits per heavy atom. The number of benzene rings is 1. The second-order valence-electron chi connectivity index (χ2n) is 2.93. The van der Waals surface area contributed by atoms with E-state index in [0.29, 0.717) is 11.7 Å². The first kappa shape index (κ1) is 9.55. The van der Waals surface area contributed by atoms with Crippen molar-refractivity contribution in [3.05, 3.63) is 28.2 Å². The predicted molar refractivity (Wildman–Crippen MR) is 51.5 cm³/mol. The lowest BCUT2D eigenvalue weighted by atomic mass is 10.0. The third-order valence-corrected chi connectivity index (χ3v) is 2.39. The van der Waals surface area contributed by atoms with E-state index in [1.54, 1.807) is 12.1 Å². The molecule has 1 rings (SSSR count). The van der Waals surface area contributed by atoms with E-state index in [1.807, 2.05) is 6.07 Å². The molecule has 0 amide bonds. The Hall–Kier alpha value is -0.540. The van der Waals surface area contributed by atoms with Crippen LogP contribution in [0.5, 0.6) is 5.75 Å². The van der Waals surface area contributed by atoms with Crippen LogP contribution in [0.1, 0.15) is 25.3 Å². The molecule has 0 unspecified atom stereocenters. The van der Waals surface area contributed by atoms with Gasteiger partial charge in [-0.05, 0) is 23.6 Å². The summed E-state index contributed by atoms with van der Waals surface area (Å²) in [5.41, 5.74) is 1.20. The number of hydrogen-bond acceptors (Lipinski definition) is 2. The van der Waals surface area contributed by atoms with Gasteiger partial charge in [0.2, 0.25) is 0 Å². The smallest absolute Gasteiger partial charge is 0.166 e. The molecular weight excluding hydrogens is 220 g/mol. The molecule has 1 aromatic carbocycles. The summed E-state index contributed by atoms with van der Waals surface area (Å²) < 4.78 is 0.962. The van der Waals surface area contributed by atoms with Gasteiger partial charge in [-0.15, -0.1) is 0 Å². The molecule has 0 aliphatic carbocycles. The fourth-order valence-corrected chi connectivity index (χ4v) is 1.85. The molecule has 0 saturated carbocycles. The standard InChI is InChI=1S/C9H11BrO2/c1-6(2)8-4-3-7(12-11)5-9(8)10/h3-6,11H,1-2H3. The molecule has 0 bridgehead atoms. The minimum Gasteiger partial charge on any atom is -0.340 e. The quantitative estimate of drug-likeness (QED) is 0.624. The van der Waals surface area contributed by atoms with Gasteiger partial charge >= 0.3 is 0 Å². The summed E-state index contributed by atoms with van der Waals surface area (Å²) in [5.74, 6) is 0.915.